The fourth-order valence-electron chi connectivity index (χ4n) is 0.637. The third-order valence-electron chi connectivity index (χ3n) is 1.16. The molecule has 0 unspecified atom stereocenters. The minimum atomic E-state index is -0.509. The fourth-order valence-corrected chi connectivity index (χ4v) is 0.637. The Morgan fingerprint density at radius 1 is 1.73 bits per heavy atom. The van der Waals surface area contributed by atoms with Crippen molar-refractivity contribution < 1.29 is 4.52 Å². The number of hydrogen-bond donors (Lipinski definition) is 2. The van der Waals surface area contributed by atoms with Crippen molar-refractivity contribution in [2.45, 2.75) is 26.4 Å². The lowest BCUT2D eigenvalue weighted by atomic mass is 10.4. The van der Waals surface area contributed by atoms with E-state index in [0.717, 1.165) is 0 Å². The summed E-state index contributed by atoms with van der Waals surface area (Å²) in [4.78, 5) is 12.9. The molecular weight excluding hydrogens is 146 g/mol. The Morgan fingerprint density at radius 3 is 2.91 bits per heavy atom. The van der Waals surface area contributed by atoms with Gasteiger partial charge in [0.2, 0.25) is 0 Å². The predicted octanol–water partition coefficient (Wildman–Crippen LogP) is -0.139. The lowest BCUT2D eigenvalue weighted by Gasteiger charge is -2.03. The van der Waals surface area contributed by atoms with Crippen molar-refractivity contribution in [2.75, 3.05) is 0 Å². The van der Waals surface area contributed by atoms with Crippen molar-refractivity contribution in [2.24, 2.45) is 0 Å². The summed E-state index contributed by atoms with van der Waals surface area (Å²) >= 11 is 0. The van der Waals surface area contributed by atoms with E-state index in [0.29, 0.717) is 18.4 Å². The van der Waals surface area contributed by atoms with E-state index in [1.54, 1.807) is 0 Å². The Hall–Kier alpha value is -1.10. The highest BCUT2D eigenvalue weighted by atomic mass is 16.5. The first-order valence-corrected chi connectivity index (χ1v) is 3.46. The Balaban J connectivity index is 2.45. The second-order valence-corrected chi connectivity index (χ2v) is 2.58. The van der Waals surface area contributed by atoms with Crippen LogP contribution in [0, 0.1) is 0 Å². The largest absolute Gasteiger partial charge is 0.438 e. The van der Waals surface area contributed by atoms with Crippen LogP contribution in [-0.4, -0.2) is 16.2 Å². The second-order valence-electron chi connectivity index (χ2n) is 2.58. The van der Waals surface area contributed by atoms with Crippen molar-refractivity contribution in [1.29, 1.82) is 0 Å². The topological polar surface area (TPSA) is 70.9 Å². The van der Waals surface area contributed by atoms with Gasteiger partial charge in [-0.25, -0.2) is 4.79 Å². The van der Waals surface area contributed by atoms with Crippen molar-refractivity contribution in [1.82, 2.24) is 15.5 Å². The molecule has 5 nitrogen and oxygen atoms in total. The normalized spacial score (nSPS) is 10.8. The Kier molecular flexibility index (Phi) is 2.43. The maximum absolute atomic E-state index is 10.4. The van der Waals surface area contributed by atoms with E-state index in [-0.39, 0.29) is 0 Å². The van der Waals surface area contributed by atoms with Gasteiger partial charge in [0, 0.05) is 6.04 Å². The first-order chi connectivity index (χ1) is 5.18. The molecule has 0 aliphatic carbocycles. The summed E-state index contributed by atoms with van der Waals surface area (Å²) in [5.74, 6) is 0.0225. The summed E-state index contributed by atoms with van der Waals surface area (Å²) in [6.45, 7) is 4.56. The summed E-state index contributed by atoms with van der Waals surface area (Å²) in [7, 11) is 0. The van der Waals surface area contributed by atoms with Crippen molar-refractivity contribution in [3.8, 4) is 0 Å². The van der Waals surface area contributed by atoms with Gasteiger partial charge in [-0.1, -0.05) is 19.0 Å². The van der Waals surface area contributed by atoms with Crippen molar-refractivity contribution in [3.05, 3.63) is 16.4 Å². The van der Waals surface area contributed by atoms with Gasteiger partial charge in [-0.3, -0.25) is 9.51 Å². The second kappa shape index (κ2) is 3.34. The number of nitrogens with one attached hydrogen (secondary N) is 2. The van der Waals surface area contributed by atoms with Crippen LogP contribution in [0.1, 0.15) is 19.7 Å². The highest BCUT2D eigenvalue weighted by Gasteiger charge is 1.99. The maximum atomic E-state index is 10.4. The average molecular weight is 157 g/mol. The lowest BCUT2D eigenvalue weighted by molar-refractivity contribution is 0.378. The third-order valence-corrected chi connectivity index (χ3v) is 1.16. The van der Waals surface area contributed by atoms with Gasteiger partial charge >= 0.3 is 5.76 Å². The molecule has 0 fully saturated rings. The zero-order valence-corrected chi connectivity index (χ0v) is 6.55. The van der Waals surface area contributed by atoms with Gasteiger partial charge in [0.25, 0.3) is 0 Å². The van der Waals surface area contributed by atoms with E-state index in [9.17, 15) is 4.79 Å². The quantitative estimate of drug-likeness (QED) is 0.640. The van der Waals surface area contributed by atoms with E-state index in [2.05, 4.69) is 20.0 Å². The van der Waals surface area contributed by atoms with Gasteiger partial charge in [-0.15, -0.1) is 0 Å². The standard InChI is InChI=1S/C6H11N3O2/c1-4(2)7-3-5-8-6(10)11-9-5/h4,7H,3H2,1-2H3,(H,8,9,10). The molecule has 2 N–H and O–H groups in total. The highest BCUT2D eigenvalue weighted by molar-refractivity contribution is 4.77. The molecule has 0 spiro atoms. The van der Waals surface area contributed by atoms with Crippen LogP contribution in [0.2, 0.25) is 0 Å². The summed E-state index contributed by atoms with van der Waals surface area (Å²) in [6.07, 6.45) is 0. The molecule has 5 heteroatoms. The van der Waals surface area contributed by atoms with Crippen LogP contribution < -0.4 is 11.1 Å². The van der Waals surface area contributed by atoms with E-state index < -0.39 is 5.76 Å². The van der Waals surface area contributed by atoms with Crippen LogP contribution in [0.4, 0.5) is 0 Å². The third kappa shape index (κ3) is 2.55. The minimum Gasteiger partial charge on any atom is -0.308 e. The molecule has 0 aliphatic rings. The molecule has 0 amide bonds. The van der Waals surface area contributed by atoms with Gasteiger partial charge in [0.05, 0.1) is 6.54 Å². The van der Waals surface area contributed by atoms with Crippen LogP contribution in [0.5, 0.6) is 0 Å². The summed E-state index contributed by atoms with van der Waals surface area (Å²) in [5.41, 5.74) is 0. The van der Waals surface area contributed by atoms with E-state index >= 15 is 0 Å². The molecule has 62 valence electrons. The number of aromatic nitrogens is 2. The van der Waals surface area contributed by atoms with Gasteiger partial charge in [0.1, 0.15) is 0 Å². The number of hydrogen-bond acceptors (Lipinski definition) is 4. The Labute approximate surface area is 63.8 Å². The average Bonchev–Trinajstić information content (AvgIpc) is 2.31. The van der Waals surface area contributed by atoms with Crippen LogP contribution in [0.3, 0.4) is 0 Å². The molecular formula is C6H11N3O2. The zero-order chi connectivity index (χ0) is 8.27. The van der Waals surface area contributed by atoms with Crippen LogP contribution >= 0.6 is 0 Å². The molecule has 0 radical (unpaired) electrons. The molecule has 0 aromatic carbocycles. The number of aromatic amines is 1. The fraction of sp³-hybridized carbons (Fsp3) is 0.667. The molecule has 1 heterocycles. The molecule has 0 aliphatic heterocycles. The Morgan fingerprint density at radius 2 is 2.45 bits per heavy atom. The molecule has 0 atom stereocenters. The predicted molar refractivity (Wildman–Crippen MR) is 39.1 cm³/mol. The monoisotopic (exact) mass is 157 g/mol. The summed E-state index contributed by atoms with van der Waals surface area (Å²) in [6, 6.07) is 0.371. The first-order valence-electron chi connectivity index (χ1n) is 3.46. The van der Waals surface area contributed by atoms with Crippen LogP contribution in [0.15, 0.2) is 9.32 Å². The van der Waals surface area contributed by atoms with E-state index in [1.165, 1.54) is 0 Å². The SMILES string of the molecule is CC(C)NCc1noc(=O)[nH]1. The van der Waals surface area contributed by atoms with Crippen molar-refractivity contribution >= 4 is 0 Å². The van der Waals surface area contributed by atoms with Gasteiger partial charge in [-0.2, -0.15) is 0 Å². The molecule has 1 aromatic heterocycles. The molecule has 0 saturated carbocycles. The number of H-pyrrole nitrogens is 1. The number of nitrogens with zero attached hydrogens (tertiary/aromatic N) is 1. The van der Waals surface area contributed by atoms with Crippen LogP contribution in [0.25, 0.3) is 0 Å². The van der Waals surface area contributed by atoms with Gasteiger partial charge in [0.15, 0.2) is 5.82 Å². The smallest absolute Gasteiger partial charge is 0.308 e. The summed E-state index contributed by atoms with van der Waals surface area (Å²) in [5, 5.41) is 6.56. The molecule has 0 bridgehead atoms. The first kappa shape index (κ1) is 8.00. The minimum absolute atomic E-state index is 0.371. The van der Waals surface area contributed by atoms with E-state index in [1.807, 2.05) is 13.8 Å². The molecule has 0 saturated heterocycles. The lowest BCUT2D eigenvalue weighted by Crippen LogP contribution is -2.22. The number of rotatable bonds is 3. The molecule has 11 heavy (non-hydrogen) atoms. The van der Waals surface area contributed by atoms with E-state index in [4.69, 9.17) is 0 Å². The van der Waals surface area contributed by atoms with Crippen molar-refractivity contribution in [3.63, 3.8) is 0 Å². The van der Waals surface area contributed by atoms with Gasteiger partial charge in [-0.05, 0) is 0 Å². The zero-order valence-electron chi connectivity index (χ0n) is 6.55. The Bertz CT molecular complexity index is 263. The van der Waals surface area contributed by atoms with Crippen LogP contribution in [-0.2, 0) is 6.54 Å². The maximum Gasteiger partial charge on any atom is 0.438 e. The highest BCUT2D eigenvalue weighted by Crippen LogP contribution is 1.84. The van der Waals surface area contributed by atoms with Gasteiger partial charge < -0.3 is 5.32 Å². The summed E-state index contributed by atoms with van der Waals surface area (Å²) < 4.78 is 4.30. The molecule has 1 aromatic rings. The molecule has 1 rings (SSSR count).